The van der Waals surface area contributed by atoms with Crippen molar-refractivity contribution in [3.05, 3.63) is 38.0 Å². The molecule has 3 rings (SSSR count). The average Bonchev–Trinajstić information content (AvgIpc) is 2.77. The van der Waals surface area contributed by atoms with Gasteiger partial charge in [-0.15, -0.1) is 11.3 Å². The van der Waals surface area contributed by atoms with E-state index in [1.807, 2.05) is 18.2 Å². The summed E-state index contributed by atoms with van der Waals surface area (Å²) >= 11 is 4.89. The van der Waals surface area contributed by atoms with E-state index in [1.54, 1.807) is 0 Å². The molecule has 1 aliphatic heterocycles. The molecule has 1 fully saturated rings. The van der Waals surface area contributed by atoms with Crippen molar-refractivity contribution in [1.82, 2.24) is 10.6 Å². The molecular weight excluding hydrogens is 380 g/mol. The molecule has 0 spiro atoms. The molecule has 3 amide bonds. The van der Waals surface area contributed by atoms with Crippen molar-refractivity contribution in [2.45, 2.75) is 31.7 Å². The Morgan fingerprint density at radius 2 is 2.13 bits per heavy atom. The second-order valence-corrected chi connectivity index (χ2v) is 7.74. The van der Waals surface area contributed by atoms with Crippen molar-refractivity contribution in [1.29, 1.82) is 0 Å². The number of carbonyl (C=O) groups is 3. The zero-order valence-corrected chi connectivity index (χ0v) is 14.6. The van der Waals surface area contributed by atoms with Gasteiger partial charge in [-0.25, -0.2) is 0 Å². The quantitative estimate of drug-likeness (QED) is 0.756. The number of rotatable bonds is 2. The monoisotopic (exact) mass is 394 g/mol. The van der Waals surface area contributed by atoms with Crippen LogP contribution >= 0.6 is 27.3 Å². The molecule has 2 N–H and O–H groups in total. The zero-order valence-electron chi connectivity index (χ0n) is 12.2. The molecular formula is C16H15BrN2O3S. The van der Waals surface area contributed by atoms with Gasteiger partial charge in [0.15, 0.2) is 0 Å². The number of thiophene rings is 1. The topological polar surface area (TPSA) is 75.3 Å². The predicted molar refractivity (Wildman–Crippen MR) is 92.2 cm³/mol. The molecule has 0 radical (unpaired) electrons. The van der Waals surface area contributed by atoms with Gasteiger partial charge in [0.25, 0.3) is 5.91 Å². The minimum atomic E-state index is -0.652. The predicted octanol–water partition coefficient (Wildman–Crippen LogP) is 2.56. The molecule has 1 aromatic heterocycles. The van der Waals surface area contributed by atoms with Gasteiger partial charge in [-0.1, -0.05) is 24.3 Å². The number of halogens is 1. The normalized spacial score (nSPS) is 23.3. The summed E-state index contributed by atoms with van der Waals surface area (Å²) in [5.74, 6) is -0.984. The van der Waals surface area contributed by atoms with Crippen molar-refractivity contribution in [2.75, 3.05) is 0 Å². The van der Waals surface area contributed by atoms with Crippen molar-refractivity contribution in [3.63, 3.8) is 0 Å². The van der Waals surface area contributed by atoms with Crippen LogP contribution in [0, 0.1) is 0 Å². The smallest absolute Gasteiger partial charge is 0.262 e. The molecule has 1 aliphatic carbocycles. The van der Waals surface area contributed by atoms with E-state index in [2.05, 4.69) is 32.6 Å². The summed E-state index contributed by atoms with van der Waals surface area (Å²) in [7, 11) is 0. The molecule has 23 heavy (non-hydrogen) atoms. The molecule has 0 bridgehead atoms. The fraction of sp³-hybridized carbons (Fsp3) is 0.312. The average molecular weight is 395 g/mol. The lowest BCUT2D eigenvalue weighted by atomic mass is 10.0. The van der Waals surface area contributed by atoms with Crippen LogP contribution in [0.4, 0.5) is 0 Å². The van der Waals surface area contributed by atoms with Crippen LogP contribution in [-0.4, -0.2) is 23.8 Å². The Balaban J connectivity index is 1.82. The van der Waals surface area contributed by atoms with Crippen molar-refractivity contribution in [2.24, 2.45) is 0 Å². The summed E-state index contributed by atoms with van der Waals surface area (Å²) in [6.07, 6.45) is 10.2. The lowest BCUT2D eigenvalue weighted by Crippen LogP contribution is -2.52. The third-order valence-electron chi connectivity index (χ3n) is 3.82. The number of carbonyl (C=O) groups excluding carboxylic acids is 3. The van der Waals surface area contributed by atoms with Crippen LogP contribution in [0.2, 0.25) is 0 Å². The summed E-state index contributed by atoms with van der Waals surface area (Å²) in [6, 6.07) is -0.652. The number of fused-ring (bicyclic) bond motifs is 1. The third-order valence-corrected chi connectivity index (χ3v) is 5.77. The van der Waals surface area contributed by atoms with E-state index in [-0.39, 0.29) is 18.2 Å². The number of hydrogen-bond donors (Lipinski definition) is 2. The van der Waals surface area contributed by atoms with Gasteiger partial charge in [0.05, 0.1) is 8.66 Å². The molecule has 0 saturated carbocycles. The van der Waals surface area contributed by atoms with Gasteiger partial charge in [-0.3, -0.25) is 19.7 Å². The van der Waals surface area contributed by atoms with E-state index in [4.69, 9.17) is 0 Å². The Bertz CT molecular complexity index is 736. The maximum atomic E-state index is 12.6. The zero-order chi connectivity index (χ0) is 16.4. The standard InChI is InChI=1S/C16H15BrN2O3S/c17-14-10-6-4-2-1-3-5-9(10)13(23-14)16(22)18-11-7-8-12(20)19-15(11)21/h1-2,4,6,11H,3,5,7-8H2,(H,18,22)(H,19,20,21)/b2-1-,6-4-. The first kappa shape index (κ1) is 16.1. The van der Waals surface area contributed by atoms with E-state index in [1.165, 1.54) is 11.3 Å². The van der Waals surface area contributed by atoms with E-state index >= 15 is 0 Å². The Morgan fingerprint density at radius 1 is 1.30 bits per heavy atom. The largest absolute Gasteiger partial charge is 0.340 e. The van der Waals surface area contributed by atoms with E-state index in [9.17, 15) is 14.4 Å². The minimum Gasteiger partial charge on any atom is -0.340 e. The fourth-order valence-electron chi connectivity index (χ4n) is 2.65. The molecule has 5 nitrogen and oxygen atoms in total. The van der Waals surface area contributed by atoms with Crippen LogP contribution in [0.1, 0.15) is 40.1 Å². The molecule has 7 heteroatoms. The van der Waals surface area contributed by atoms with Crippen molar-refractivity contribution >= 4 is 51.1 Å². The lowest BCUT2D eigenvalue weighted by Gasteiger charge is -2.21. The molecule has 2 aliphatic rings. The molecule has 1 saturated heterocycles. The van der Waals surface area contributed by atoms with E-state index in [0.717, 1.165) is 27.8 Å². The lowest BCUT2D eigenvalue weighted by molar-refractivity contribution is -0.134. The summed E-state index contributed by atoms with van der Waals surface area (Å²) in [4.78, 5) is 36.2. The number of nitrogens with one attached hydrogen (secondary N) is 2. The first-order valence-electron chi connectivity index (χ1n) is 7.35. The van der Waals surface area contributed by atoms with Crippen LogP contribution < -0.4 is 10.6 Å². The Kier molecular flexibility index (Phi) is 4.77. The van der Waals surface area contributed by atoms with Gasteiger partial charge in [0.1, 0.15) is 6.04 Å². The van der Waals surface area contributed by atoms with Crippen LogP contribution in [0.3, 0.4) is 0 Å². The summed E-state index contributed by atoms with van der Waals surface area (Å²) < 4.78 is 0.910. The van der Waals surface area contributed by atoms with Crippen molar-refractivity contribution < 1.29 is 14.4 Å². The molecule has 1 unspecified atom stereocenters. The minimum absolute atomic E-state index is 0.246. The Morgan fingerprint density at radius 3 is 2.91 bits per heavy atom. The molecule has 120 valence electrons. The first-order valence-corrected chi connectivity index (χ1v) is 8.96. The van der Waals surface area contributed by atoms with Gasteiger partial charge in [0, 0.05) is 12.0 Å². The first-order chi connectivity index (χ1) is 11.1. The summed E-state index contributed by atoms with van der Waals surface area (Å²) in [5.41, 5.74) is 2.01. The highest BCUT2D eigenvalue weighted by molar-refractivity contribution is 9.11. The SMILES string of the molecule is O=C1CCC(NC(=O)c2sc(Br)c3c2CC/C=C\C=C/3)C(=O)N1. The van der Waals surface area contributed by atoms with Crippen LogP contribution in [0.15, 0.2) is 22.0 Å². The van der Waals surface area contributed by atoms with Gasteiger partial charge < -0.3 is 5.32 Å². The van der Waals surface area contributed by atoms with E-state index < -0.39 is 11.9 Å². The second kappa shape index (κ2) is 6.80. The molecule has 1 atom stereocenters. The maximum absolute atomic E-state index is 12.6. The second-order valence-electron chi connectivity index (χ2n) is 5.40. The van der Waals surface area contributed by atoms with Gasteiger partial charge >= 0.3 is 0 Å². The Labute approximate surface area is 146 Å². The number of piperidine rings is 1. The fourth-order valence-corrected chi connectivity index (χ4v) is 4.48. The van der Waals surface area contributed by atoms with Crippen LogP contribution in [0.5, 0.6) is 0 Å². The highest BCUT2D eigenvalue weighted by atomic mass is 79.9. The number of allylic oxidation sites excluding steroid dienone is 3. The summed E-state index contributed by atoms with van der Waals surface area (Å²) in [6.45, 7) is 0. The van der Waals surface area contributed by atoms with Crippen molar-refractivity contribution in [3.8, 4) is 0 Å². The molecule has 1 aromatic rings. The van der Waals surface area contributed by atoms with Crippen LogP contribution in [0.25, 0.3) is 6.08 Å². The van der Waals surface area contributed by atoms with Gasteiger partial charge in [-0.2, -0.15) is 0 Å². The Hall–Kier alpha value is -1.73. The number of amides is 3. The van der Waals surface area contributed by atoms with E-state index in [0.29, 0.717) is 11.3 Å². The maximum Gasteiger partial charge on any atom is 0.262 e. The number of hydrogen-bond acceptors (Lipinski definition) is 4. The highest BCUT2D eigenvalue weighted by Gasteiger charge is 2.29. The van der Waals surface area contributed by atoms with Crippen LogP contribution in [-0.2, 0) is 16.0 Å². The van der Waals surface area contributed by atoms with Gasteiger partial charge in [0.2, 0.25) is 11.8 Å². The third kappa shape index (κ3) is 3.45. The molecule has 2 heterocycles. The summed E-state index contributed by atoms with van der Waals surface area (Å²) in [5, 5.41) is 5.00. The molecule has 0 aromatic carbocycles. The highest BCUT2D eigenvalue weighted by Crippen LogP contribution is 2.36. The number of imide groups is 1. The van der Waals surface area contributed by atoms with Gasteiger partial charge in [-0.05, 0) is 40.8 Å².